The summed E-state index contributed by atoms with van der Waals surface area (Å²) in [5, 5.41) is 15.9. The van der Waals surface area contributed by atoms with Gasteiger partial charge >= 0.3 is 5.69 Å². The molecule has 162 valence electrons. The van der Waals surface area contributed by atoms with Gasteiger partial charge in [0, 0.05) is 12.6 Å². The lowest BCUT2D eigenvalue weighted by molar-refractivity contribution is -0.383. The maximum Gasteiger partial charge on any atom is 0.353 e. The van der Waals surface area contributed by atoms with Crippen LogP contribution in [-0.4, -0.2) is 32.5 Å². The van der Waals surface area contributed by atoms with E-state index in [1.807, 2.05) is 25.1 Å². The van der Waals surface area contributed by atoms with E-state index in [-0.39, 0.29) is 33.3 Å². The Morgan fingerprint density at radius 1 is 1.26 bits per heavy atom. The van der Waals surface area contributed by atoms with Crippen LogP contribution in [0.5, 0.6) is 0 Å². The molecule has 0 spiro atoms. The number of hydrogen-bond acceptors (Lipinski definition) is 8. The maximum absolute atomic E-state index is 12.2. The molecule has 2 fully saturated rings. The third-order valence-corrected chi connectivity index (χ3v) is 7.45. The van der Waals surface area contributed by atoms with Gasteiger partial charge in [0.05, 0.1) is 15.1 Å². The predicted molar refractivity (Wildman–Crippen MR) is 123 cm³/mol. The molecule has 1 saturated carbocycles. The van der Waals surface area contributed by atoms with E-state index in [1.165, 1.54) is 17.7 Å². The second-order valence-electron chi connectivity index (χ2n) is 10.1. The van der Waals surface area contributed by atoms with Crippen LogP contribution < -0.4 is 10.2 Å². The summed E-state index contributed by atoms with van der Waals surface area (Å²) in [6, 6.07) is 6.24. The van der Waals surface area contributed by atoms with Crippen molar-refractivity contribution in [3.63, 3.8) is 0 Å². The molecule has 8 nitrogen and oxygen atoms in total. The number of aryl methyl sites for hydroxylation is 1. The predicted octanol–water partition coefficient (Wildman–Crippen LogP) is 5.45. The van der Waals surface area contributed by atoms with Crippen LogP contribution in [0, 0.1) is 27.9 Å². The van der Waals surface area contributed by atoms with Crippen LogP contribution in [0.25, 0.3) is 10.2 Å². The number of para-hydroxylation sites is 1. The Hall–Kier alpha value is -2.81. The number of aromatic nitrogens is 3. The highest BCUT2D eigenvalue weighted by Gasteiger charge is 2.51. The molecule has 31 heavy (non-hydrogen) atoms. The Balaban J connectivity index is 1.54. The van der Waals surface area contributed by atoms with Crippen LogP contribution in [0.3, 0.4) is 0 Å². The minimum atomic E-state index is -0.369. The molecule has 1 aromatic carbocycles. The Morgan fingerprint density at radius 3 is 2.81 bits per heavy atom. The van der Waals surface area contributed by atoms with Crippen molar-refractivity contribution in [2.24, 2.45) is 10.8 Å². The smallest absolute Gasteiger partial charge is 0.347 e. The molecule has 3 aromatic rings. The fraction of sp³-hybridized carbons (Fsp3) is 0.500. The lowest BCUT2D eigenvalue weighted by Gasteiger charge is -2.39. The fourth-order valence-corrected chi connectivity index (χ4v) is 6.73. The van der Waals surface area contributed by atoms with Crippen molar-refractivity contribution < 1.29 is 4.92 Å². The highest BCUT2D eigenvalue weighted by molar-refractivity contribution is 7.22. The summed E-state index contributed by atoms with van der Waals surface area (Å²) >= 11 is 1.46. The van der Waals surface area contributed by atoms with Crippen molar-refractivity contribution in [3.05, 3.63) is 40.2 Å². The summed E-state index contributed by atoms with van der Waals surface area (Å²) in [5.74, 6) is 0.601. The Labute approximate surface area is 184 Å². The van der Waals surface area contributed by atoms with Gasteiger partial charge in [-0.1, -0.05) is 44.2 Å². The van der Waals surface area contributed by atoms with Crippen molar-refractivity contribution in [1.29, 1.82) is 0 Å². The van der Waals surface area contributed by atoms with Crippen molar-refractivity contribution in [2.75, 3.05) is 16.8 Å². The molecule has 2 aliphatic rings. The van der Waals surface area contributed by atoms with Gasteiger partial charge in [-0.05, 0) is 48.6 Å². The molecule has 1 saturated heterocycles. The van der Waals surface area contributed by atoms with Gasteiger partial charge in [-0.2, -0.15) is 0 Å². The average Bonchev–Trinajstić information content (AvgIpc) is 3.18. The fourth-order valence-electron chi connectivity index (χ4n) is 5.79. The molecule has 2 aromatic heterocycles. The third-order valence-electron chi connectivity index (χ3n) is 6.52. The first-order chi connectivity index (χ1) is 14.6. The number of nitrogens with one attached hydrogen (secondary N) is 1. The number of fused-ring (bicyclic) bond motifs is 3. The summed E-state index contributed by atoms with van der Waals surface area (Å²) in [7, 11) is 0. The first-order valence-electron chi connectivity index (χ1n) is 10.5. The van der Waals surface area contributed by atoms with Gasteiger partial charge in [0.25, 0.3) is 0 Å². The molecular weight excluding hydrogens is 412 g/mol. The summed E-state index contributed by atoms with van der Waals surface area (Å²) < 4.78 is 1.03. The molecule has 1 N–H and O–H groups in total. The molecule has 0 radical (unpaired) electrons. The van der Waals surface area contributed by atoms with E-state index in [4.69, 9.17) is 0 Å². The average molecular weight is 439 g/mol. The number of rotatable bonds is 4. The molecule has 5 rings (SSSR count). The molecular formula is C22H26N6O2S. The van der Waals surface area contributed by atoms with Gasteiger partial charge in [-0.25, -0.2) is 15.0 Å². The third kappa shape index (κ3) is 3.50. The lowest BCUT2D eigenvalue weighted by Crippen LogP contribution is -2.35. The minimum absolute atomic E-state index is 0.0764. The monoisotopic (exact) mass is 438 g/mol. The normalized spacial score (nSPS) is 24.5. The number of benzene rings is 1. The summed E-state index contributed by atoms with van der Waals surface area (Å²) in [6.45, 7) is 9.65. The number of anilines is 3. The van der Waals surface area contributed by atoms with Crippen LogP contribution in [-0.2, 0) is 0 Å². The summed E-state index contributed by atoms with van der Waals surface area (Å²) in [6.07, 6.45) is 4.57. The Bertz CT molecular complexity index is 1190. The van der Waals surface area contributed by atoms with Crippen LogP contribution in [0.15, 0.2) is 24.5 Å². The molecule has 1 aliphatic heterocycles. The number of nitro groups is 1. The van der Waals surface area contributed by atoms with Gasteiger partial charge in [0.1, 0.15) is 6.33 Å². The van der Waals surface area contributed by atoms with Crippen LogP contribution in [0.2, 0.25) is 0 Å². The van der Waals surface area contributed by atoms with Gasteiger partial charge in [-0.3, -0.25) is 10.1 Å². The van der Waals surface area contributed by atoms with E-state index in [9.17, 15) is 10.1 Å². The molecule has 1 aliphatic carbocycles. The van der Waals surface area contributed by atoms with E-state index in [2.05, 4.69) is 45.9 Å². The van der Waals surface area contributed by atoms with E-state index in [1.54, 1.807) is 0 Å². The van der Waals surface area contributed by atoms with E-state index in [0.717, 1.165) is 41.6 Å². The summed E-state index contributed by atoms with van der Waals surface area (Å²) in [4.78, 5) is 27.2. The van der Waals surface area contributed by atoms with E-state index in [0.29, 0.717) is 10.9 Å². The van der Waals surface area contributed by atoms with Crippen LogP contribution in [0.1, 0.15) is 45.6 Å². The summed E-state index contributed by atoms with van der Waals surface area (Å²) in [5.41, 5.74) is 2.25. The zero-order chi connectivity index (χ0) is 22.0. The zero-order valence-electron chi connectivity index (χ0n) is 18.2. The molecule has 0 amide bonds. The lowest BCUT2D eigenvalue weighted by atomic mass is 9.65. The van der Waals surface area contributed by atoms with Crippen molar-refractivity contribution in [1.82, 2.24) is 15.0 Å². The Kier molecular flexibility index (Phi) is 4.44. The van der Waals surface area contributed by atoms with Crippen molar-refractivity contribution in [2.45, 2.75) is 53.0 Å². The quantitative estimate of drug-likeness (QED) is 0.427. The van der Waals surface area contributed by atoms with Gasteiger partial charge in [-0.15, -0.1) is 0 Å². The van der Waals surface area contributed by atoms with E-state index >= 15 is 0 Å². The topological polar surface area (TPSA) is 97.1 Å². The maximum atomic E-state index is 12.2. The highest BCUT2D eigenvalue weighted by Crippen LogP contribution is 2.54. The van der Waals surface area contributed by atoms with Crippen LogP contribution in [0.4, 0.5) is 22.5 Å². The second kappa shape index (κ2) is 6.85. The number of hydrogen-bond donors (Lipinski definition) is 1. The second-order valence-corrected chi connectivity index (χ2v) is 11.1. The molecule has 9 heteroatoms. The van der Waals surface area contributed by atoms with Gasteiger partial charge in [0.2, 0.25) is 11.6 Å². The minimum Gasteiger partial charge on any atom is -0.347 e. The van der Waals surface area contributed by atoms with E-state index < -0.39 is 0 Å². The van der Waals surface area contributed by atoms with Crippen molar-refractivity contribution in [3.8, 4) is 0 Å². The zero-order valence-corrected chi connectivity index (χ0v) is 19.0. The highest BCUT2D eigenvalue weighted by atomic mass is 32.1. The molecule has 2 atom stereocenters. The van der Waals surface area contributed by atoms with Crippen LogP contribution >= 0.6 is 11.3 Å². The standard InChI is InChI=1S/C22H26N6O2S/c1-13-6-5-7-15-16(13)25-20(31-15)26-18-17(28(29)30)19(24-12-23-18)27-11-22(4)9-14(27)8-21(2,3)10-22/h5-7,12,14H,8-11H2,1-4H3,(H,23,24,25,26). The molecule has 2 unspecified atom stereocenters. The van der Waals surface area contributed by atoms with Gasteiger partial charge in [0.15, 0.2) is 5.13 Å². The largest absolute Gasteiger partial charge is 0.353 e. The van der Waals surface area contributed by atoms with Crippen molar-refractivity contribution >= 4 is 44.0 Å². The SMILES string of the molecule is Cc1cccc2sc(Nc3ncnc(N4CC5(C)CC4CC(C)(C)C5)c3[N+](=O)[O-])nc12. The first-order valence-corrected chi connectivity index (χ1v) is 11.4. The molecule has 2 bridgehead atoms. The Morgan fingerprint density at radius 2 is 2.06 bits per heavy atom. The number of thiazole rings is 1. The molecule has 3 heterocycles. The van der Waals surface area contributed by atoms with Gasteiger partial charge < -0.3 is 10.2 Å². The number of nitrogens with zero attached hydrogens (tertiary/aromatic N) is 5. The first kappa shape index (κ1) is 20.1.